The fourth-order valence-corrected chi connectivity index (χ4v) is 3.73. The van der Waals surface area contributed by atoms with Crippen LogP contribution < -0.4 is 4.72 Å². The summed E-state index contributed by atoms with van der Waals surface area (Å²) in [4.78, 5) is 24.2. The number of aryl methyl sites for hydroxylation is 2. The van der Waals surface area contributed by atoms with Crippen LogP contribution in [0.5, 0.6) is 0 Å². The second kappa shape index (κ2) is 5.34. The zero-order chi connectivity index (χ0) is 16.8. The van der Waals surface area contributed by atoms with Crippen molar-refractivity contribution in [3.63, 3.8) is 0 Å². The molecular weight excluding hydrogens is 322 g/mol. The number of aromatic nitrogens is 2. The second-order valence-corrected chi connectivity index (χ2v) is 7.03. The number of fused-ring (bicyclic) bond motifs is 1. The second-order valence-electron chi connectivity index (χ2n) is 5.38. The Balaban J connectivity index is 1.92. The van der Waals surface area contributed by atoms with Crippen LogP contribution in [-0.4, -0.2) is 29.9 Å². The monoisotopic (exact) mass is 337 g/mol. The van der Waals surface area contributed by atoms with Crippen molar-refractivity contribution in [3.05, 3.63) is 35.0 Å². The predicted molar refractivity (Wildman–Crippen MR) is 78.6 cm³/mol. The van der Waals surface area contributed by atoms with E-state index in [1.54, 1.807) is 14.0 Å². The molecule has 23 heavy (non-hydrogen) atoms. The largest absolute Gasteiger partial charge is 0.468 e. The molecule has 0 atom stereocenters. The van der Waals surface area contributed by atoms with E-state index in [0.29, 0.717) is 30.7 Å². The molecule has 9 heteroatoms. The van der Waals surface area contributed by atoms with E-state index < -0.39 is 15.9 Å². The van der Waals surface area contributed by atoms with Gasteiger partial charge in [-0.2, -0.15) is 5.10 Å². The topological polar surface area (TPSA) is 111 Å². The number of amides is 1. The summed E-state index contributed by atoms with van der Waals surface area (Å²) in [5.41, 5.74) is 0.539. The quantitative estimate of drug-likeness (QED) is 0.893. The van der Waals surface area contributed by atoms with Crippen LogP contribution in [0.2, 0.25) is 0 Å². The molecule has 0 unspecified atom stereocenters. The Kier molecular flexibility index (Phi) is 3.59. The maximum absolute atomic E-state index is 12.3. The van der Waals surface area contributed by atoms with Gasteiger partial charge in [-0.05, 0) is 13.3 Å². The standard InChI is InChI=1S/C14H15N3O5S/c1-8-12(6-15-17(8)2)23(20,21)16-14(19)9-7-22-11-5-3-4-10(18)13(9)11/h6-7H,3-5H2,1-2H3,(H,16,19). The smallest absolute Gasteiger partial charge is 0.269 e. The molecule has 0 spiro atoms. The van der Waals surface area contributed by atoms with Gasteiger partial charge in [0.2, 0.25) is 0 Å². The minimum atomic E-state index is -4.08. The van der Waals surface area contributed by atoms with Crippen LogP contribution in [-0.2, 0) is 23.5 Å². The first-order chi connectivity index (χ1) is 10.8. The van der Waals surface area contributed by atoms with E-state index in [4.69, 9.17) is 4.42 Å². The number of hydrogen-bond acceptors (Lipinski definition) is 6. The summed E-state index contributed by atoms with van der Waals surface area (Å²) in [7, 11) is -2.48. The third kappa shape index (κ3) is 2.56. The van der Waals surface area contributed by atoms with E-state index in [1.807, 2.05) is 4.72 Å². The highest BCUT2D eigenvalue weighted by Gasteiger charge is 2.30. The first kappa shape index (κ1) is 15.5. The van der Waals surface area contributed by atoms with E-state index in [0.717, 1.165) is 6.26 Å². The lowest BCUT2D eigenvalue weighted by molar-refractivity contribution is 0.0942. The van der Waals surface area contributed by atoms with Crippen molar-refractivity contribution in [2.24, 2.45) is 7.05 Å². The lowest BCUT2D eigenvalue weighted by atomic mass is 9.94. The molecule has 1 aliphatic rings. The van der Waals surface area contributed by atoms with Crippen LogP contribution >= 0.6 is 0 Å². The molecule has 122 valence electrons. The molecule has 1 N–H and O–H groups in total. The Bertz CT molecular complexity index is 907. The fourth-order valence-electron chi connectivity index (χ4n) is 2.56. The van der Waals surface area contributed by atoms with Crippen LogP contribution in [0.1, 0.15) is 45.0 Å². The van der Waals surface area contributed by atoms with Gasteiger partial charge in [0.1, 0.15) is 16.9 Å². The van der Waals surface area contributed by atoms with Gasteiger partial charge >= 0.3 is 0 Å². The number of hydrogen-bond donors (Lipinski definition) is 1. The van der Waals surface area contributed by atoms with Gasteiger partial charge in [0.15, 0.2) is 5.78 Å². The van der Waals surface area contributed by atoms with Gasteiger partial charge in [0.05, 0.1) is 23.0 Å². The van der Waals surface area contributed by atoms with Crippen LogP contribution in [0.15, 0.2) is 21.8 Å². The number of nitrogens with zero attached hydrogens (tertiary/aromatic N) is 2. The molecule has 0 aromatic carbocycles. The maximum atomic E-state index is 12.3. The molecular formula is C14H15N3O5S. The number of carbonyl (C=O) groups is 2. The van der Waals surface area contributed by atoms with Crippen LogP contribution in [0.3, 0.4) is 0 Å². The molecule has 0 fully saturated rings. The van der Waals surface area contributed by atoms with Gasteiger partial charge in [-0.25, -0.2) is 13.1 Å². The normalized spacial score (nSPS) is 14.6. The Morgan fingerprint density at radius 2 is 2.13 bits per heavy atom. The first-order valence-electron chi connectivity index (χ1n) is 7.00. The molecule has 1 amide bonds. The first-order valence-corrected chi connectivity index (χ1v) is 8.49. The Morgan fingerprint density at radius 3 is 2.78 bits per heavy atom. The van der Waals surface area contributed by atoms with Gasteiger partial charge in [-0.3, -0.25) is 14.3 Å². The number of nitrogens with one attached hydrogen (secondary N) is 1. The van der Waals surface area contributed by atoms with Crippen molar-refractivity contribution in [1.29, 1.82) is 0 Å². The molecule has 0 saturated heterocycles. The Hall–Kier alpha value is -2.42. The van der Waals surface area contributed by atoms with E-state index in [-0.39, 0.29) is 21.8 Å². The summed E-state index contributed by atoms with van der Waals surface area (Å²) in [6, 6.07) is 0. The Labute approximate surface area is 132 Å². The van der Waals surface area contributed by atoms with Gasteiger partial charge < -0.3 is 4.42 Å². The van der Waals surface area contributed by atoms with Gasteiger partial charge in [0.25, 0.3) is 15.9 Å². The zero-order valence-electron chi connectivity index (χ0n) is 12.6. The molecule has 0 bridgehead atoms. The van der Waals surface area contributed by atoms with Crippen molar-refractivity contribution in [2.75, 3.05) is 0 Å². The molecule has 3 rings (SSSR count). The summed E-state index contributed by atoms with van der Waals surface area (Å²) in [5, 5.41) is 3.85. The van der Waals surface area contributed by atoms with Crippen molar-refractivity contribution in [3.8, 4) is 0 Å². The van der Waals surface area contributed by atoms with E-state index in [2.05, 4.69) is 5.10 Å². The lowest BCUT2D eigenvalue weighted by Crippen LogP contribution is -2.32. The third-order valence-electron chi connectivity index (χ3n) is 3.91. The van der Waals surface area contributed by atoms with Crippen molar-refractivity contribution in [1.82, 2.24) is 14.5 Å². The van der Waals surface area contributed by atoms with Crippen LogP contribution in [0, 0.1) is 6.92 Å². The average molecular weight is 337 g/mol. The molecule has 2 aromatic heterocycles. The van der Waals surface area contributed by atoms with E-state index >= 15 is 0 Å². The van der Waals surface area contributed by atoms with E-state index in [1.165, 1.54) is 10.9 Å². The van der Waals surface area contributed by atoms with E-state index in [9.17, 15) is 18.0 Å². The number of rotatable bonds is 3. The number of sulfonamides is 1. The van der Waals surface area contributed by atoms with Crippen molar-refractivity contribution >= 4 is 21.7 Å². The highest BCUT2D eigenvalue weighted by Crippen LogP contribution is 2.26. The number of Topliss-reactive ketones (excluding diaryl/α,β-unsaturated/α-hetero) is 1. The fraction of sp³-hybridized carbons (Fsp3) is 0.357. The molecule has 2 aromatic rings. The maximum Gasteiger partial charge on any atom is 0.269 e. The highest BCUT2D eigenvalue weighted by atomic mass is 32.2. The minimum absolute atomic E-state index is 0.0465. The molecule has 2 heterocycles. The zero-order valence-corrected chi connectivity index (χ0v) is 13.4. The average Bonchev–Trinajstić information content (AvgIpc) is 3.04. The number of carbonyl (C=O) groups excluding carboxylic acids is 2. The minimum Gasteiger partial charge on any atom is -0.468 e. The molecule has 0 saturated carbocycles. The summed E-state index contributed by atoms with van der Waals surface area (Å²) in [6.07, 6.45) is 3.84. The highest BCUT2D eigenvalue weighted by molar-refractivity contribution is 7.90. The molecule has 8 nitrogen and oxygen atoms in total. The number of ketones is 1. The number of furan rings is 1. The summed E-state index contributed by atoms with van der Waals surface area (Å²) < 4.78 is 33.2. The summed E-state index contributed by atoms with van der Waals surface area (Å²) >= 11 is 0. The third-order valence-corrected chi connectivity index (χ3v) is 5.34. The van der Waals surface area contributed by atoms with Crippen LogP contribution in [0.4, 0.5) is 0 Å². The summed E-state index contributed by atoms with van der Waals surface area (Å²) in [5.74, 6) is -0.657. The van der Waals surface area contributed by atoms with Gasteiger partial charge in [-0.1, -0.05) is 0 Å². The predicted octanol–water partition coefficient (Wildman–Crippen LogP) is 0.959. The van der Waals surface area contributed by atoms with Gasteiger partial charge in [-0.15, -0.1) is 0 Å². The molecule has 1 aliphatic carbocycles. The SMILES string of the molecule is Cc1c(S(=O)(=O)NC(=O)c2coc3c2C(=O)CCC3)cnn1C. The van der Waals surface area contributed by atoms with Crippen molar-refractivity contribution in [2.45, 2.75) is 31.1 Å². The van der Waals surface area contributed by atoms with Gasteiger partial charge in [0, 0.05) is 19.9 Å². The Morgan fingerprint density at radius 1 is 1.39 bits per heavy atom. The van der Waals surface area contributed by atoms with Crippen LogP contribution in [0.25, 0.3) is 0 Å². The molecule has 0 radical (unpaired) electrons. The summed E-state index contributed by atoms with van der Waals surface area (Å²) in [6.45, 7) is 1.58. The van der Waals surface area contributed by atoms with Crippen molar-refractivity contribution < 1.29 is 22.4 Å². The lowest BCUT2D eigenvalue weighted by Gasteiger charge is -2.10. The molecule has 0 aliphatic heterocycles.